The Bertz CT molecular complexity index is 487. The van der Waals surface area contributed by atoms with Crippen LogP contribution in [-0.2, 0) is 6.54 Å². The van der Waals surface area contributed by atoms with Crippen LogP contribution in [0.4, 0.5) is 0 Å². The number of halogens is 1. The molecular weight excluding hydrogens is 318 g/mol. The van der Waals surface area contributed by atoms with E-state index >= 15 is 0 Å². The first-order valence-corrected chi connectivity index (χ1v) is 9.25. The highest BCUT2D eigenvalue weighted by atomic mass is 35.5. The summed E-state index contributed by atoms with van der Waals surface area (Å²) in [5.41, 5.74) is 1.91. The highest BCUT2D eigenvalue weighted by Crippen LogP contribution is 2.29. The summed E-state index contributed by atoms with van der Waals surface area (Å²) in [5.74, 6) is 0. The topological polar surface area (TPSA) is 18.5 Å². The minimum Gasteiger partial charge on any atom is -0.316 e. The number of piperidine rings is 1. The van der Waals surface area contributed by atoms with Gasteiger partial charge in [0.15, 0.2) is 0 Å². The van der Waals surface area contributed by atoms with Gasteiger partial charge in [0, 0.05) is 38.3 Å². The number of likely N-dealkylation sites (tertiary alicyclic amines) is 1. The molecule has 2 aliphatic heterocycles. The minimum atomic E-state index is 0. The van der Waals surface area contributed by atoms with Gasteiger partial charge in [-0.05, 0) is 50.8 Å². The first kappa shape index (κ1) is 19.7. The van der Waals surface area contributed by atoms with E-state index in [0.717, 1.165) is 12.6 Å². The van der Waals surface area contributed by atoms with Gasteiger partial charge < -0.3 is 10.2 Å². The summed E-state index contributed by atoms with van der Waals surface area (Å²) in [6.45, 7) is 10.8. The van der Waals surface area contributed by atoms with Crippen molar-refractivity contribution in [3.63, 3.8) is 0 Å². The van der Waals surface area contributed by atoms with Crippen LogP contribution < -0.4 is 5.32 Å². The number of nitrogens with one attached hydrogen (secondary N) is 1. The Morgan fingerprint density at radius 2 is 2.04 bits per heavy atom. The zero-order valence-electron chi connectivity index (χ0n) is 15.5. The molecule has 24 heavy (non-hydrogen) atoms. The van der Waals surface area contributed by atoms with Crippen LogP contribution in [0.2, 0.25) is 0 Å². The molecule has 0 spiro atoms. The summed E-state index contributed by atoms with van der Waals surface area (Å²) >= 11 is 0. The molecular formula is C20H34ClN3. The number of hydrogen-bond donors (Lipinski definition) is 1. The molecule has 136 valence electrons. The third kappa shape index (κ3) is 4.95. The maximum Gasteiger partial charge on any atom is 0.0236 e. The monoisotopic (exact) mass is 351 g/mol. The predicted molar refractivity (Wildman–Crippen MR) is 105 cm³/mol. The van der Waals surface area contributed by atoms with Crippen LogP contribution in [0.15, 0.2) is 30.3 Å². The fraction of sp³-hybridized carbons (Fsp3) is 0.700. The van der Waals surface area contributed by atoms with Gasteiger partial charge in [-0.25, -0.2) is 0 Å². The van der Waals surface area contributed by atoms with Crippen molar-refractivity contribution in [2.75, 3.05) is 33.2 Å². The Labute approximate surface area is 154 Å². The van der Waals surface area contributed by atoms with Crippen molar-refractivity contribution < 1.29 is 0 Å². The summed E-state index contributed by atoms with van der Waals surface area (Å²) in [6, 6.07) is 12.3. The quantitative estimate of drug-likeness (QED) is 0.877. The van der Waals surface area contributed by atoms with Gasteiger partial charge in [-0.15, -0.1) is 12.4 Å². The highest BCUT2D eigenvalue weighted by Gasteiger charge is 2.34. The van der Waals surface area contributed by atoms with Gasteiger partial charge >= 0.3 is 0 Å². The van der Waals surface area contributed by atoms with E-state index in [1.807, 2.05) is 0 Å². The van der Waals surface area contributed by atoms with Crippen molar-refractivity contribution in [3.05, 3.63) is 35.9 Å². The standard InChI is InChI=1S/C20H33N3.ClH/c1-17-13-19(22(3)16-20(2)10-11-21-15-20)9-12-23(17)14-18-7-5-4-6-8-18;/h4-8,17,19,21H,9-16H2,1-3H3;1H. The van der Waals surface area contributed by atoms with Crippen LogP contribution in [0.3, 0.4) is 0 Å². The molecule has 1 N–H and O–H groups in total. The van der Waals surface area contributed by atoms with Crippen molar-refractivity contribution in [2.24, 2.45) is 5.41 Å². The summed E-state index contributed by atoms with van der Waals surface area (Å²) in [4.78, 5) is 5.29. The number of nitrogens with zero attached hydrogens (tertiary/aromatic N) is 2. The summed E-state index contributed by atoms with van der Waals surface area (Å²) < 4.78 is 0. The second-order valence-electron chi connectivity index (χ2n) is 8.14. The van der Waals surface area contributed by atoms with E-state index in [1.54, 1.807) is 0 Å². The van der Waals surface area contributed by atoms with E-state index in [4.69, 9.17) is 0 Å². The molecule has 3 nitrogen and oxygen atoms in total. The smallest absolute Gasteiger partial charge is 0.0236 e. The van der Waals surface area contributed by atoms with Crippen molar-refractivity contribution >= 4 is 12.4 Å². The summed E-state index contributed by atoms with van der Waals surface area (Å²) in [5, 5.41) is 3.53. The fourth-order valence-corrected chi connectivity index (χ4v) is 4.38. The lowest BCUT2D eigenvalue weighted by Crippen LogP contribution is -2.49. The lowest BCUT2D eigenvalue weighted by atomic mass is 9.87. The number of rotatable bonds is 5. The van der Waals surface area contributed by atoms with Crippen LogP contribution in [0, 0.1) is 5.41 Å². The van der Waals surface area contributed by atoms with Crippen LogP contribution in [-0.4, -0.2) is 55.1 Å². The molecule has 2 fully saturated rings. The maximum absolute atomic E-state index is 3.53. The van der Waals surface area contributed by atoms with Gasteiger partial charge in [-0.2, -0.15) is 0 Å². The number of benzene rings is 1. The SMILES string of the molecule is CC1CC(N(C)CC2(C)CCNC2)CCN1Cc1ccccc1.Cl. The van der Waals surface area contributed by atoms with Crippen molar-refractivity contribution in [1.29, 1.82) is 0 Å². The zero-order chi connectivity index (χ0) is 16.3. The second kappa shape index (κ2) is 8.66. The molecule has 3 unspecified atom stereocenters. The molecule has 1 aromatic rings. The number of hydrogen-bond acceptors (Lipinski definition) is 3. The molecule has 3 atom stereocenters. The van der Waals surface area contributed by atoms with Crippen molar-refractivity contribution in [3.8, 4) is 0 Å². The molecule has 0 radical (unpaired) electrons. The molecule has 0 aromatic heterocycles. The lowest BCUT2D eigenvalue weighted by Gasteiger charge is -2.43. The van der Waals surface area contributed by atoms with Crippen molar-refractivity contribution in [2.45, 2.75) is 51.7 Å². The Morgan fingerprint density at radius 1 is 1.29 bits per heavy atom. The third-order valence-electron chi connectivity index (χ3n) is 5.93. The molecule has 1 aromatic carbocycles. The van der Waals surface area contributed by atoms with Gasteiger partial charge in [-0.1, -0.05) is 37.3 Å². The van der Waals surface area contributed by atoms with E-state index in [2.05, 4.69) is 66.3 Å². The second-order valence-corrected chi connectivity index (χ2v) is 8.14. The Kier molecular flexibility index (Phi) is 7.11. The van der Waals surface area contributed by atoms with Crippen molar-refractivity contribution in [1.82, 2.24) is 15.1 Å². The first-order valence-electron chi connectivity index (χ1n) is 9.25. The van der Waals surface area contributed by atoms with Crippen LogP contribution in [0.25, 0.3) is 0 Å². The molecule has 0 aliphatic carbocycles. The Balaban J connectivity index is 0.00000208. The van der Waals surface area contributed by atoms with Gasteiger partial charge in [-0.3, -0.25) is 4.90 Å². The van der Waals surface area contributed by atoms with E-state index in [1.165, 1.54) is 51.0 Å². The normalized spacial score (nSPS) is 31.2. The molecule has 2 aliphatic rings. The zero-order valence-corrected chi connectivity index (χ0v) is 16.3. The lowest BCUT2D eigenvalue weighted by molar-refractivity contribution is 0.0621. The first-order chi connectivity index (χ1) is 11.1. The molecule has 4 heteroatoms. The predicted octanol–water partition coefficient (Wildman–Crippen LogP) is 3.39. The molecule has 2 heterocycles. The van der Waals surface area contributed by atoms with E-state index in [0.29, 0.717) is 11.5 Å². The molecule has 3 rings (SSSR count). The van der Waals surface area contributed by atoms with E-state index in [-0.39, 0.29) is 12.4 Å². The van der Waals surface area contributed by atoms with Gasteiger partial charge in [0.2, 0.25) is 0 Å². The molecule has 0 saturated carbocycles. The van der Waals surface area contributed by atoms with Crippen LogP contribution in [0.5, 0.6) is 0 Å². The van der Waals surface area contributed by atoms with E-state index in [9.17, 15) is 0 Å². The van der Waals surface area contributed by atoms with Gasteiger partial charge in [0.25, 0.3) is 0 Å². The van der Waals surface area contributed by atoms with Gasteiger partial charge in [0.05, 0.1) is 0 Å². The average molecular weight is 352 g/mol. The van der Waals surface area contributed by atoms with E-state index < -0.39 is 0 Å². The fourth-order valence-electron chi connectivity index (χ4n) is 4.38. The highest BCUT2D eigenvalue weighted by molar-refractivity contribution is 5.85. The minimum absolute atomic E-state index is 0. The average Bonchev–Trinajstić information content (AvgIpc) is 2.96. The molecule has 0 amide bonds. The Hall–Kier alpha value is -0.610. The molecule has 2 saturated heterocycles. The van der Waals surface area contributed by atoms with Gasteiger partial charge in [0.1, 0.15) is 0 Å². The molecule has 0 bridgehead atoms. The maximum atomic E-state index is 3.53. The Morgan fingerprint density at radius 3 is 2.67 bits per heavy atom. The largest absolute Gasteiger partial charge is 0.316 e. The van der Waals surface area contributed by atoms with Crippen LogP contribution in [0.1, 0.15) is 38.7 Å². The third-order valence-corrected chi connectivity index (χ3v) is 5.93. The summed E-state index contributed by atoms with van der Waals surface area (Å²) in [7, 11) is 2.34. The van der Waals surface area contributed by atoms with Crippen LogP contribution >= 0.6 is 12.4 Å². The summed E-state index contributed by atoms with van der Waals surface area (Å²) in [6.07, 6.45) is 3.92.